The van der Waals surface area contributed by atoms with Gasteiger partial charge in [-0.3, -0.25) is 9.78 Å². The van der Waals surface area contributed by atoms with E-state index >= 15 is 0 Å². The minimum absolute atomic E-state index is 0.264. The van der Waals surface area contributed by atoms with Crippen LogP contribution in [-0.4, -0.2) is 10.9 Å². The molecular weight excluding hydrogens is 250 g/mol. The highest BCUT2D eigenvalue weighted by molar-refractivity contribution is 6.33. The number of carbonyl (C=O) groups is 1. The molecule has 1 heterocycles. The largest absolute Gasteiger partial charge is 0.399 e. The van der Waals surface area contributed by atoms with Crippen LogP contribution in [0.1, 0.15) is 15.9 Å². The van der Waals surface area contributed by atoms with Crippen LogP contribution >= 0.6 is 11.6 Å². The zero-order valence-electron chi connectivity index (χ0n) is 9.77. The smallest absolute Gasteiger partial charge is 0.255 e. The number of amides is 1. The number of anilines is 2. The molecule has 0 saturated carbocycles. The first-order valence-electron chi connectivity index (χ1n) is 5.34. The zero-order valence-corrected chi connectivity index (χ0v) is 10.5. The van der Waals surface area contributed by atoms with Gasteiger partial charge in [-0.15, -0.1) is 0 Å². The van der Waals surface area contributed by atoms with Crippen molar-refractivity contribution >= 4 is 28.9 Å². The Morgan fingerprint density at radius 3 is 2.83 bits per heavy atom. The molecule has 3 N–H and O–H groups in total. The van der Waals surface area contributed by atoms with E-state index in [2.05, 4.69) is 10.3 Å². The minimum atomic E-state index is -0.264. The molecule has 0 saturated heterocycles. The summed E-state index contributed by atoms with van der Waals surface area (Å²) in [6.45, 7) is 1.88. The van der Waals surface area contributed by atoms with Crippen LogP contribution in [0.4, 0.5) is 11.4 Å². The van der Waals surface area contributed by atoms with Gasteiger partial charge in [0.1, 0.15) is 0 Å². The molecule has 1 amide bonds. The summed E-state index contributed by atoms with van der Waals surface area (Å²) in [5.41, 5.74) is 8.15. The molecule has 0 aliphatic rings. The Kier molecular flexibility index (Phi) is 3.48. The molecule has 18 heavy (non-hydrogen) atoms. The van der Waals surface area contributed by atoms with Crippen molar-refractivity contribution in [2.24, 2.45) is 0 Å². The summed E-state index contributed by atoms with van der Waals surface area (Å²) < 4.78 is 0. The molecule has 0 aliphatic heterocycles. The number of rotatable bonds is 2. The summed E-state index contributed by atoms with van der Waals surface area (Å²) in [7, 11) is 0. The molecule has 0 bridgehead atoms. The lowest BCUT2D eigenvalue weighted by atomic mass is 10.1. The Morgan fingerprint density at radius 2 is 2.17 bits per heavy atom. The summed E-state index contributed by atoms with van der Waals surface area (Å²) >= 11 is 5.94. The van der Waals surface area contributed by atoms with Crippen molar-refractivity contribution in [1.29, 1.82) is 0 Å². The predicted molar refractivity (Wildman–Crippen MR) is 72.8 cm³/mol. The van der Waals surface area contributed by atoms with Gasteiger partial charge in [0.2, 0.25) is 0 Å². The average Bonchev–Trinajstić information content (AvgIpc) is 2.31. The van der Waals surface area contributed by atoms with Gasteiger partial charge in [-0.05, 0) is 36.8 Å². The van der Waals surface area contributed by atoms with Crippen LogP contribution in [0.2, 0.25) is 5.02 Å². The van der Waals surface area contributed by atoms with E-state index in [4.69, 9.17) is 17.3 Å². The van der Waals surface area contributed by atoms with Crippen LogP contribution in [0, 0.1) is 6.92 Å². The van der Waals surface area contributed by atoms with Gasteiger partial charge in [-0.1, -0.05) is 11.6 Å². The fourth-order valence-electron chi connectivity index (χ4n) is 1.61. The predicted octanol–water partition coefficient (Wildman–Crippen LogP) is 2.88. The van der Waals surface area contributed by atoms with Crippen LogP contribution in [0.15, 0.2) is 36.7 Å². The molecule has 0 aliphatic carbocycles. The number of nitrogens with zero attached hydrogens (tertiary/aromatic N) is 1. The number of benzene rings is 1. The normalized spacial score (nSPS) is 10.1. The van der Waals surface area contributed by atoms with E-state index in [1.807, 2.05) is 6.92 Å². The molecule has 1 aromatic carbocycles. The number of nitrogen functional groups attached to an aromatic ring is 1. The SMILES string of the molecule is Cc1cc(N)cc(C(=O)Nc2cnccc2Cl)c1. The lowest BCUT2D eigenvalue weighted by Crippen LogP contribution is -2.13. The summed E-state index contributed by atoms with van der Waals surface area (Å²) in [5, 5.41) is 3.14. The first-order valence-corrected chi connectivity index (χ1v) is 5.72. The Morgan fingerprint density at radius 1 is 1.39 bits per heavy atom. The summed E-state index contributed by atoms with van der Waals surface area (Å²) in [5.74, 6) is -0.264. The van der Waals surface area contributed by atoms with Crippen molar-refractivity contribution in [1.82, 2.24) is 4.98 Å². The highest BCUT2D eigenvalue weighted by Gasteiger charge is 2.09. The van der Waals surface area contributed by atoms with Crippen molar-refractivity contribution in [3.8, 4) is 0 Å². The van der Waals surface area contributed by atoms with Crippen LogP contribution < -0.4 is 11.1 Å². The molecule has 0 radical (unpaired) electrons. The molecule has 2 aromatic rings. The Labute approximate surface area is 110 Å². The van der Waals surface area contributed by atoms with Crippen molar-refractivity contribution in [3.05, 3.63) is 52.8 Å². The van der Waals surface area contributed by atoms with Gasteiger partial charge in [0, 0.05) is 17.4 Å². The van der Waals surface area contributed by atoms with Crippen LogP contribution in [-0.2, 0) is 0 Å². The fourth-order valence-corrected chi connectivity index (χ4v) is 1.76. The van der Waals surface area contributed by atoms with E-state index in [-0.39, 0.29) is 5.91 Å². The fraction of sp³-hybridized carbons (Fsp3) is 0.0769. The molecule has 0 atom stereocenters. The summed E-state index contributed by atoms with van der Waals surface area (Å²) in [6.07, 6.45) is 3.06. The number of hydrogen-bond donors (Lipinski definition) is 2. The number of carbonyl (C=O) groups excluding carboxylic acids is 1. The third-order valence-corrected chi connectivity index (χ3v) is 2.71. The lowest BCUT2D eigenvalue weighted by molar-refractivity contribution is 0.102. The lowest BCUT2D eigenvalue weighted by Gasteiger charge is -2.07. The average molecular weight is 262 g/mol. The third-order valence-electron chi connectivity index (χ3n) is 2.38. The maximum absolute atomic E-state index is 12.0. The minimum Gasteiger partial charge on any atom is -0.399 e. The van der Waals surface area contributed by atoms with Gasteiger partial charge in [0.25, 0.3) is 5.91 Å². The van der Waals surface area contributed by atoms with Gasteiger partial charge in [-0.25, -0.2) is 0 Å². The number of pyridine rings is 1. The number of aryl methyl sites for hydroxylation is 1. The number of nitrogens with one attached hydrogen (secondary N) is 1. The number of hydrogen-bond acceptors (Lipinski definition) is 3. The standard InChI is InChI=1S/C13H12ClN3O/c1-8-4-9(6-10(15)5-8)13(18)17-12-7-16-3-2-11(12)14/h2-7H,15H2,1H3,(H,17,18). The van der Waals surface area contributed by atoms with E-state index in [0.29, 0.717) is 22.0 Å². The molecule has 5 heteroatoms. The number of halogens is 1. The molecule has 0 unspecified atom stereocenters. The van der Waals surface area contributed by atoms with Gasteiger partial charge >= 0.3 is 0 Å². The second kappa shape index (κ2) is 5.06. The van der Waals surface area contributed by atoms with E-state index in [1.54, 1.807) is 30.5 Å². The van der Waals surface area contributed by atoms with Gasteiger partial charge < -0.3 is 11.1 Å². The van der Waals surface area contributed by atoms with Crippen molar-refractivity contribution < 1.29 is 4.79 Å². The molecule has 4 nitrogen and oxygen atoms in total. The molecule has 0 fully saturated rings. The van der Waals surface area contributed by atoms with Crippen LogP contribution in [0.3, 0.4) is 0 Å². The maximum atomic E-state index is 12.0. The zero-order chi connectivity index (χ0) is 13.1. The molecule has 0 spiro atoms. The van der Waals surface area contributed by atoms with Gasteiger partial charge in [0.05, 0.1) is 16.9 Å². The molecule has 1 aromatic heterocycles. The molecular formula is C13H12ClN3O. The van der Waals surface area contributed by atoms with Crippen molar-refractivity contribution in [3.63, 3.8) is 0 Å². The van der Waals surface area contributed by atoms with Crippen LogP contribution in [0.5, 0.6) is 0 Å². The highest BCUT2D eigenvalue weighted by Crippen LogP contribution is 2.20. The number of aromatic nitrogens is 1. The Hall–Kier alpha value is -2.07. The highest BCUT2D eigenvalue weighted by atomic mass is 35.5. The monoisotopic (exact) mass is 261 g/mol. The maximum Gasteiger partial charge on any atom is 0.255 e. The van der Waals surface area contributed by atoms with Gasteiger partial charge in [0.15, 0.2) is 0 Å². The van der Waals surface area contributed by atoms with E-state index in [0.717, 1.165) is 5.56 Å². The quantitative estimate of drug-likeness (QED) is 0.817. The first-order chi connectivity index (χ1) is 8.56. The number of nitrogens with two attached hydrogens (primary N) is 1. The third kappa shape index (κ3) is 2.78. The van der Waals surface area contributed by atoms with Gasteiger partial charge in [-0.2, -0.15) is 0 Å². The van der Waals surface area contributed by atoms with Crippen molar-refractivity contribution in [2.45, 2.75) is 6.92 Å². The van der Waals surface area contributed by atoms with E-state index in [1.165, 1.54) is 6.20 Å². The second-order valence-electron chi connectivity index (χ2n) is 3.94. The van der Waals surface area contributed by atoms with Crippen LogP contribution in [0.25, 0.3) is 0 Å². The topological polar surface area (TPSA) is 68.0 Å². The first kappa shape index (κ1) is 12.4. The second-order valence-corrected chi connectivity index (χ2v) is 4.35. The molecule has 2 rings (SSSR count). The van der Waals surface area contributed by atoms with Crippen molar-refractivity contribution in [2.75, 3.05) is 11.1 Å². The van der Waals surface area contributed by atoms with E-state index < -0.39 is 0 Å². The summed E-state index contributed by atoms with van der Waals surface area (Å²) in [4.78, 5) is 15.9. The summed E-state index contributed by atoms with van der Waals surface area (Å²) in [6, 6.07) is 6.79. The molecule has 92 valence electrons. The Bertz CT molecular complexity index is 578. The van der Waals surface area contributed by atoms with E-state index in [9.17, 15) is 4.79 Å². The Balaban J connectivity index is 2.25.